The van der Waals surface area contributed by atoms with Crippen molar-refractivity contribution < 1.29 is 9.53 Å². The molecule has 0 aliphatic heterocycles. The molecule has 0 fully saturated rings. The maximum absolute atomic E-state index is 11.8. The van der Waals surface area contributed by atoms with E-state index in [0.29, 0.717) is 13.2 Å². The maximum atomic E-state index is 11.8. The second-order valence-electron chi connectivity index (χ2n) is 4.29. The molecular weight excluding hydrogens is 308 g/mol. The van der Waals surface area contributed by atoms with E-state index in [9.17, 15) is 4.79 Å². The van der Waals surface area contributed by atoms with Gasteiger partial charge >= 0.3 is 6.03 Å². The van der Waals surface area contributed by atoms with E-state index in [-0.39, 0.29) is 6.03 Å². The third kappa shape index (κ3) is 5.61. The first-order valence-electron chi connectivity index (χ1n) is 6.50. The Morgan fingerprint density at radius 3 is 2.84 bits per heavy atom. The Morgan fingerprint density at radius 1 is 1.37 bits per heavy atom. The molecule has 0 atom stereocenters. The lowest BCUT2D eigenvalue weighted by Gasteiger charge is -2.13. The van der Waals surface area contributed by atoms with Gasteiger partial charge in [0.25, 0.3) is 0 Å². The fourth-order valence-electron chi connectivity index (χ4n) is 1.71. The van der Waals surface area contributed by atoms with Gasteiger partial charge in [-0.3, -0.25) is 0 Å². The van der Waals surface area contributed by atoms with Crippen LogP contribution in [0.25, 0.3) is 0 Å². The van der Waals surface area contributed by atoms with E-state index in [0.717, 1.165) is 35.0 Å². The van der Waals surface area contributed by atoms with Crippen LogP contribution in [0, 0.1) is 0 Å². The molecule has 106 valence electrons. The minimum Gasteiger partial charge on any atom is -0.380 e. The highest BCUT2D eigenvalue weighted by molar-refractivity contribution is 9.10. The zero-order chi connectivity index (χ0) is 14.1. The number of carbonyl (C=O) groups is 1. The van der Waals surface area contributed by atoms with E-state index in [4.69, 9.17) is 4.74 Å². The van der Waals surface area contributed by atoms with Crippen molar-refractivity contribution in [2.75, 3.05) is 19.0 Å². The fourth-order valence-corrected chi connectivity index (χ4v) is 2.19. The van der Waals surface area contributed by atoms with Crippen LogP contribution in [0.2, 0.25) is 0 Å². The van der Waals surface area contributed by atoms with Gasteiger partial charge < -0.3 is 15.4 Å². The molecule has 2 amide bonds. The number of hydrogen-bond acceptors (Lipinski definition) is 2. The number of anilines is 1. The predicted octanol–water partition coefficient (Wildman–Crippen LogP) is 3.91. The largest absolute Gasteiger partial charge is 0.380 e. The van der Waals surface area contributed by atoms with E-state index in [1.165, 1.54) is 0 Å². The van der Waals surface area contributed by atoms with Crippen molar-refractivity contribution in [2.24, 2.45) is 0 Å². The van der Waals surface area contributed by atoms with Gasteiger partial charge in [-0.2, -0.15) is 0 Å². The maximum Gasteiger partial charge on any atom is 0.319 e. The minimum atomic E-state index is -0.174. The van der Waals surface area contributed by atoms with Crippen LogP contribution in [0.5, 0.6) is 0 Å². The summed E-state index contributed by atoms with van der Waals surface area (Å²) >= 11 is 3.46. The van der Waals surface area contributed by atoms with Gasteiger partial charge in [0, 0.05) is 29.4 Å². The average Bonchev–Trinajstić information content (AvgIpc) is 2.39. The lowest BCUT2D eigenvalue weighted by molar-refractivity contribution is 0.185. The Hall–Kier alpha value is -1.07. The molecule has 1 aromatic carbocycles. The summed E-state index contributed by atoms with van der Waals surface area (Å²) in [6.07, 6.45) is 3.28. The van der Waals surface area contributed by atoms with E-state index < -0.39 is 0 Å². The average molecular weight is 329 g/mol. The Bertz CT molecular complexity index is 410. The van der Waals surface area contributed by atoms with Gasteiger partial charge in [0.05, 0.1) is 6.61 Å². The number of carbonyl (C=O) groups excluding carboxylic acids is 1. The van der Waals surface area contributed by atoms with Gasteiger partial charge in [-0.05, 0) is 18.6 Å². The Labute approximate surface area is 123 Å². The topological polar surface area (TPSA) is 50.4 Å². The lowest BCUT2D eigenvalue weighted by Crippen LogP contribution is -2.30. The van der Waals surface area contributed by atoms with Crippen LogP contribution < -0.4 is 10.6 Å². The molecule has 5 heteroatoms. The van der Waals surface area contributed by atoms with Gasteiger partial charge in [0.1, 0.15) is 0 Å². The summed E-state index contributed by atoms with van der Waals surface area (Å²) in [4.78, 5) is 11.8. The summed E-state index contributed by atoms with van der Waals surface area (Å²) < 4.78 is 6.07. The number of unbranched alkanes of at least 4 members (excludes halogenated alkanes) is 2. The Balaban J connectivity index is 2.56. The van der Waals surface area contributed by atoms with Crippen LogP contribution in [-0.2, 0) is 11.3 Å². The molecule has 0 aliphatic rings. The van der Waals surface area contributed by atoms with Gasteiger partial charge in [-0.15, -0.1) is 0 Å². The third-order valence-corrected chi connectivity index (χ3v) is 3.46. The summed E-state index contributed by atoms with van der Waals surface area (Å²) in [5.74, 6) is 0. The molecule has 1 rings (SSSR count). The van der Waals surface area contributed by atoms with Crippen molar-refractivity contribution in [1.29, 1.82) is 0 Å². The molecule has 0 aromatic heterocycles. The SMILES string of the molecule is CCCCCNC(=O)Nc1cccc(Br)c1COC. The highest BCUT2D eigenvalue weighted by atomic mass is 79.9. The fraction of sp³-hybridized carbons (Fsp3) is 0.500. The van der Waals surface area contributed by atoms with Gasteiger partial charge in [-0.1, -0.05) is 41.8 Å². The van der Waals surface area contributed by atoms with Gasteiger partial charge in [0.15, 0.2) is 0 Å². The molecular formula is C14H21BrN2O2. The van der Waals surface area contributed by atoms with Crippen molar-refractivity contribution in [3.63, 3.8) is 0 Å². The number of ether oxygens (including phenoxy) is 1. The number of urea groups is 1. The molecule has 0 unspecified atom stereocenters. The Morgan fingerprint density at radius 2 is 2.16 bits per heavy atom. The number of benzene rings is 1. The summed E-state index contributed by atoms with van der Waals surface area (Å²) in [6.45, 7) is 3.29. The summed E-state index contributed by atoms with van der Waals surface area (Å²) in [7, 11) is 1.63. The molecule has 1 aromatic rings. The number of halogens is 1. The van der Waals surface area contributed by atoms with Gasteiger partial charge in [-0.25, -0.2) is 4.79 Å². The molecule has 2 N–H and O–H groups in total. The first kappa shape index (κ1) is 16.0. The van der Waals surface area contributed by atoms with Crippen LogP contribution in [-0.4, -0.2) is 19.7 Å². The second-order valence-corrected chi connectivity index (χ2v) is 5.14. The first-order chi connectivity index (χ1) is 9.19. The van der Waals surface area contributed by atoms with E-state index in [1.54, 1.807) is 7.11 Å². The van der Waals surface area contributed by atoms with E-state index in [1.807, 2.05) is 18.2 Å². The van der Waals surface area contributed by atoms with E-state index in [2.05, 4.69) is 33.5 Å². The second kappa shape index (κ2) is 8.93. The van der Waals surface area contributed by atoms with Crippen molar-refractivity contribution in [3.8, 4) is 0 Å². The molecule has 0 saturated heterocycles. The molecule has 0 spiro atoms. The quantitative estimate of drug-likeness (QED) is 0.745. The summed E-state index contributed by atoms with van der Waals surface area (Å²) in [5.41, 5.74) is 1.71. The van der Waals surface area contributed by atoms with Gasteiger partial charge in [0.2, 0.25) is 0 Å². The first-order valence-corrected chi connectivity index (χ1v) is 7.29. The van der Waals surface area contributed by atoms with Crippen molar-refractivity contribution in [2.45, 2.75) is 32.8 Å². The Kier molecular flexibility index (Phi) is 7.52. The van der Waals surface area contributed by atoms with Crippen LogP contribution in [0.3, 0.4) is 0 Å². The zero-order valence-corrected chi connectivity index (χ0v) is 13.0. The third-order valence-electron chi connectivity index (χ3n) is 2.72. The van der Waals surface area contributed by atoms with Crippen molar-refractivity contribution in [3.05, 3.63) is 28.2 Å². The smallest absolute Gasteiger partial charge is 0.319 e. The normalized spacial score (nSPS) is 10.3. The molecule has 0 radical (unpaired) electrons. The standard InChI is InChI=1S/C14H21BrN2O2/c1-3-4-5-9-16-14(18)17-13-8-6-7-12(15)11(13)10-19-2/h6-8H,3-5,9-10H2,1-2H3,(H2,16,17,18). The summed E-state index contributed by atoms with van der Waals surface area (Å²) in [5, 5.41) is 5.70. The van der Waals surface area contributed by atoms with Crippen LogP contribution >= 0.6 is 15.9 Å². The monoisotopic (exact) mass is 328 g/mol. The molecule has 0 aliphatic carbocycles. The molecule has 4 nitrogen and oxygen atoms in total. The number of hydrogen-bond donors (Lipinski definition) is 2. The highest BCUT2D eigenvalue weighted by Gasteiger charge is 2.09. The molecule has 19 heavy (non-hydrogen) atoms. The number of rotatable bonds is 7. The number of amides is 2. The highest BCUT2D eigenvalue weighted by Crippen LogP contribution is 2.25. The summed E-state index contributed by atoms with van der Waals surface area (Å²) in [6, 6.07) is 5.51. The van der Waals surface area contributed by atoms with Crippen LogP contribution in [0.15, 0.2) is 22.7 Å². The number of methoxy groups -OCH3 is 1. The zero-order valence-electron chi connectivity index (χ0n) is 11.5. The molecule has 0 bridgehead atoms. The number of nitrogens with one attached hydrogen (secondary N) is 2. The van der Waals surface area contributed by atoms with Crippen molar-refractivity contribution >= 4 is 27.6 Å². The molecule has 0 heterocycles. The van der Waals surface area contributed by atoms with Crippen LogP contribution in [0.1, 0.15) is 31.7 Å². The molecule has 0 saturated carbocycles. The van der Waals surface area contributed by atoms with E-state index >= 15 is 0 Å². The van der Waals surface area contributed by atoms with Crippen molar-refractivity contribution in [1.82, 2.24) is 5.32 Å². The van der Waals surface area contributed by atoms with Crippen LogP contribution in [0.4, 0.5) is 10.5 Å². The lowest BCUT2D eigenvalue weighted by atomic mass is 10.2. The minimum absolute atomic E-state index is 0.174. The predicted molar refractivity (Wildman–Crippen MR) is 81.4 cm³/mol.